The lowest BCUT2D eigenvalue weighted by Crippen LogP contribution is -2.38. The van der Waals surface area contributed by atoms with E-state index >= 15 is 0 Å². The van der Waals surface area contributed by atoms with Gasteiger partial charge in [-0.25, -0.2) is 4.98 Å². The third kappa shape index (κ3) is 3.43. The summed E-state index contributed by atoms with van der Waals surface area (Å²) < 4.78 is 0.615. The summed E-state index contributed by atoms with van der Waals surface area (Å²) in [6.45, 7) is 4.53. The van der Waals surface area contributed by atoms with Crippen LogP contribution in [-0.4, -0.2) is 40.4 Å². The normalized spacial score (nSPS) is 11.2. The number of amides is 1. The summed E-state index contributed by atoms with van der Waals surface area (Å²) in [4.78, 5) is 32.3. The third-order valence-electron chi connectivity index (χ3n) is 2.84. The molecule has 0 radical (unpaired) electrons. The highest BCUT2D eigenvalue weighted by Crippen LogP contribution is 2.13. The fraction of sp³-hybridized carbons (Fsp3) is 0.462. The molecule has 2 rings (SSSR count). The van der Waals surface area contributed by atoms with E-state index in [1.807, 2.05) is 19.2 Å². The van der Waals surface area contributed by atoms with E-state index in [1.54, 1.807) is 18.0 Å². The Kier molecular flexibility index (Phi) is 4.51. The zero-order valence-electron chi connectivity index (χ0n) is 11.8. The van der Waals surface area contributed by atoms with E-state index in [1.165, 1.54) is 11.3 Å². The standard InChI is InChI=1S/C13H18N4O2S/c1-8(2)14-6-11(18)17(3)7-10-15-9-4-5-20-12(9)13(19)16-10/h4-5,8,14H,6-7H2,1-3H3,(H,15,16,19). The molecule has 2 aromatic rings. The first-order valence-electron chi connectivity index (χ1n) is 6.41. The summed E-state index contributed by atoms with van der Waals surface area (Å²) in [5.74, 6) is 0.466. The summed E-state index contributed by atoms with van der Waals surface area (Å²) in [6, 6.07) is 2.06. The number of fused-ring (bicyclic) bond motifs is 1. The molecule has 0 saturated carbocycles. The van der Waals surface area contributed by atoms with E-state index in [4.69, 9.17) is 0 Å². The average molecular weight is 294 g/mol. The second kappa shape index (κ2) is 6.15. The highest BCUT2D eigenvalue weighted by Gasteiger charge is 2.12. The highest BCUT2D eigenvalue weighted by molar-refractivity contribution is 7.17. The van der Waals surface area contributed by atoms with Gasteiger partial charge in [-0.2, -0.15) is 0 Å². The maximum atomic E-state index is 11.9. The molecule has 0 spiro atoms. The van der Waals surface area contributed by atoms with Crippen molar-refractivity contribution in [3.8, 4) is 0 Å². The number of hydrogen-bond acceptors (Lipinski definition) is 5. The minimum Gasteiger partial charge on any atom is -0.337 e. The predicted octanol–water partition coefficient (Wildman–Crippen LogP) is 0.941. The minimum atomic E-state index is -0.152. The van der Waals surface area contributed by atoms with Crippen molar-refractivity contribution in [1.82, 2.24) is 20.2 Å². The number of nitrogens with one attached hydrogen (secondary N) is 2. The summed E-state index contributed by atoms with van der Waals surface area (Å²) in [6.07, 6.45) is 0. The monoisotopic (exact) mass is 294 g/mol. The molecule has 108 valence electrons. The van der Waals surface area contributed by atoms with E-state index in [-0.39, 0.29) is 24.1 Å². The number of likely N-dealkylation sites (N-methyl/N-ethyl adjacent to an activating group) is 1. The van der Waals surface area contributed by atoms with Crippen molar-refractivity contribution in [3.63, 3.8) is 0 Å². The SMILES string of the molecule is CC(C)NCC(=O)N(C)Cc1nc2ccsc2c(=O)[nH]1. The Balaban J connectivity index is 2.07. The Morgan fingerprint density at radius 1 is 1.55 bits per heavy atom. The van der Waals surface area contributed by atoms with Crippen molar-refractivity contribution < 1.29 is 4.79 Å². The third-order valence-corrected chi connectivity index (χ3v) is 3.74. The van der Waals surface area contributed by atoms with Crippen LogP contribution in [0.25, 0.3) is 10.2 Å². The average Bonchev–Trinajstić information content (AvgIpc) is 2.84. The number of nitrogens with zero attached hydrogens (tertiary/aromatic N) is 2. The molecule has 0 bridgehead atoms. The molecule has 2 aromatic heterocycles. The van der Waals surface area contributed by atoms with Crippen LogP contribution in [0.3, 0.4) is 0 Å². The van der Waals surface area contributed by atoms with Gasteiger partial charge in [0.2, 0.25) is 5.91 Å². The molecule has 0 fully saturated rings. The zero-order chi connectivity index (χ0) is 14.7. The lowest BCUT2D eigenvalue weighted by Gasteiger charge is -2.17. The topological polar surface area (TPSA) is 78.1 Å². The van der Waals surface area contributed by atoms with Crippen LogP contribution in [0.2, 0.25) is 0 Å². The number of aromatic amines is 1. The number of rotatable bonds is 5. The molecule has 2 N–H and O–H groups in total. The molecule has 0 unspecified atom stereocenters. The molecule has 0 aromatic carbocycles. The van der Waals surface area contributed by atoms with Gasteiger partial charge in [-0.05, 0) is 11.4 Å². The van der Waals surface area contributed by atoms with E-state index in [2.05, 4.69) is 15.3 Å². The van der Waals surface area contributed by atoms with Crippen molar-refractivity contribution in [1.29, 1.82) is 0 Å². The zero-order valence-corrected chi connectivity index (χ0v) is 12.6. The molecule has 0 saturated heterocycles. The lowest BCUT2D eigenvalue weighted by atomic mass is 10.3. The summed E-state index contributed by atoms with van der Waals surface area (Å²) in [5, 5.41) is 4.90. The van der Waals surface area contributed by atoms with Gasteiger partial charge in [-0.3, -0.25) is 9.59 Å². The molecule has 7 heteroatoms. The number of hydrogen-bond donors (Lipinski definition) is 2. The second-order valence-corrected chi connectivity index (χ2v) is 5.85. The van der Waals surface area contributed by atoms with Crippen LogP contribution in [0.5, 0.6) is 0 Å². The largest absolute Gasteiger partial charge is 0.337 e. The summed E-state index contributed by atoms with van der Waals surface area (Å²) in [7, 11) is 1.70. The van der Waals surface area contributed by atoms with E-state index in [9.17, 15) is 9.59 Å². The fourth-order valence-electron chi connectivity index (χ4n) is 1.74. The van der Waals surface area contributed by atoms with Crippen LogP contribution in [0, 0.1) is 0 Å². The first kappa shape index (κ1) is 14.7. The van der Waals surface area contributed by atoms with Crippen LogP contribution >= 0.6 is 11.3 Å². The Morgan fingerprint density at radius 2 is 2.30 bits per heavy atom. The van der Waals surface area contributed by atoms with E-state index in [0.717, 1.165) is 0 Å². The number of H-pyrrole nitrogens is 1. The fourth-order valence-corrected chi connectivity index (χ4v) is 2.46. The van der Waals surface area contributed by atoms with Crippen molar-refractivity contribution in [2.45, 2.75) is 26.4 Å². The Labute approximate surface area is 120 Å². The van der Waals surface area contributed by atoms with Crippen LogP contribution in [-0.2, 0) is 11.3 Å². The first-order valence-corrected chi connectivity index (χ1v) is 7.29. The molecule has 6 nitrogen and oxygen atoms in total. The highest BCUT2D eigenvalue weighted by atomic mass is 32.1. The number of carbonyl (C=O) groups is 1. The van der Waals surface area contributed by atoms with Gasteiger partial charge in [0.1, 0.15) is 10.5 Å². The minimum absolute atomic E-state index is 0.0354. The number of thiophene rings is 1. The lowest BCUT2D eigenvalue weighted by molar-refractivity contribution is -0.129. The smallest absolute Gasteiger partial charge is 0.268 e. The van der Waals surface area contributed by atoms with Crippen LogP contribution < -0.4 is 10.9 Å². The molecule has 1 amide bonds. The molecular formula is C13H18N4O2S. The molecule has 0 aliphatic carbocycles. The van der Waals surface area contributed by atoms with Crippen LogP contribution in [0.1, 0.15) is 19.7 Å². The van der Waals surface area contributed by atoms with Gasteiger partial charge in [-0.15, -0.1) is 11.3 Å². The van der Waals surface area contributed by atoms with Gasteiger partial charge in [0.15, 0.2) is 0 Å². The van der Waals surface area contributed by atoms with Crippen molar-refractivity contribution in [2.24, 2.45) is 0 Å². The number of aromatic nitrogens is 2. The van der Waals surface area contributed by atoms with Crippen molar-refractivity contribution in [3.05, 3.63) is 27.6 Å². The van der Waals surface area contributed by atoms with Crippen LogP contribution in [0.4, 0.5) is 0 Å². The maximum absolute atomic E-state index is 11.9. The Morgan fingerprint density at radius 3 is 3.00 bits per heavy atom. The first-order chi connectivity index (χ1) is 9.47. The summed E-state index contributed by atoms with van der Waals surface area (Å²) >= 11 is 1.36. The van der Waals surface area contributed by atoms with Gasteiger partial charge in [-0.1, -0.05) is 13.8 Å². The van der Waals surface area contributed by atoms with E-state index < -0.39 is 0 Å². The molecular weight excluding hydrogens is 276 g/mol. The van der Waals surface area contributed by atoms with Gasteiger partial charge in [0.05, 0.1) is 18.6 Å². The predicted molar refractivity (Wildman–Crippen MR) is 79.9 cm³/mol. The molecule has 0 atom stereocenters. The van der Waals surface area contributed by atoms with Crippen molar-refractivity contribution >= 4 is 27.5 Å². The van der Waals surface area contributed by atoms with Gasteiger partial charge in [0.25, 0.3) is 5.56 Å². The second-order valence-electron chi connectivity index (χ2n) is 4.93. The Bertz CT molecular complexity index is 662. The van der Waals surface area contributed by atoms with Crippen LogP contribution in [0.15, 0.2) is 16.2 Å². The molecule has 0 aliphatic rings. The molecule has 20 heavy (non-hydrogen) atoms. The Hall–Kier alpha value is -1.73. The maximum Gasteiger partial charge on any atom is 0.268 e. The van der Waals surface area contributed by atoms with Crippen molar-refractivity contribution in [2.75, 3.05) is 13.6 Å². The molecule has 0 aliphatic heterocycles. The van der Waals surface area contributed by atoms with Gasteiger partial charge >= 0.3 is 0 Å². The summed E-state index contributed by atoms with van der Waals surface area (Å²) in [5.41, 5.74) is 0.524. The quantitative estimate of drug-likeness (QED) is 0.860. The van der Waals surface area contributed by atoms with E-state index in [0.29, 0.717) is 22.6 Å². The van der Waals surface area contributed by atoms with Gasteiger partial charge < -0.3 is 15.2 Å². The van der Waals surface area contributed by atoms with Gasteiger partial charge in [0, 0.05) is 13.1 Å². The molecule has 2 heterocycles. The number of carbonyl (C=O) groups excluding carboxylic acids is 1.